The molecule has 0 bridgehead atoms. The molecule has 3 N–H and O–H groups in total. The Balaban J connectivity index is 1.07. The van der Waals surface area contributed by atoms with E-state index in [1.807, 2.05) is 0 Å². The van der Waals surface area contributed by atoms with Crippen molar-refractivity contribution < 1.29 is 0 Å². The largest absolute Gasteiger partial charge is 0.279 e. The van der Waals surface area contributed by atoms with E-state index in [1.165, 1.54) is 82.4 Å². The van der Waals surface area contributed by atoms with E-state index < -0.39 is 0 Å². The van der Waals surface area contributed by atoms with E-state index >= 15 is 0 Å². The van der Waals surface area contributed by atoms with Crippen molar-refractivity contribution in [3.05, 3.63) is 192 Å². The predicted molar refractivity (Wildman–Crippen MR) is 212 cm³/mol. The fourth-order valence-corrected chi connectivity index (χ4v) is 8.79. The summed E-state index contributed by atoms with van der Waals surface area (Å²) >= 11 is 0. The van der Waals surface area contributed by atoms with Gasteiger partial charge in [0.15, 0.2) is 0 Å². The molecule has 0 spiro atoms. The van der Waals surface area contributed by atoms with Gasteiger partial charge in [0.2, 0.25) is 0 Å². The maximum atomic E-state index is 4.03. The van der Waals surface area contributed by atoms with Crippen molar-refractivity contribution in [2.24, 2.45) is 0 Å². The van der Waals surface area contributed by atoms with Crippen LogP contribution in [0.5, 0.6) is 0 Å². The van der Waals surface area contributed by atoms with E-state index in [0.717, 1.165) is 0 Å². The fraction of sp³-hybridized carbons (Fsp3) is 0.125. The van der Waals surface area contributed by atoms with Crippen LogP contribution in [0.25, 0.3) is 54.6 Å². The van der Waals surface area contributed by atoms with Gasteiger partial charge in [0.1, 0.15) is 0 Å². The first kappa shape index (κ1) is 30.3. The van der Waals surface area contributed by atoms with Gasteiger partial charge >= 0.3 is 0 Å². The molecule has 8 aromatic carbocycles. The Labute approximate surface area is 299 Å². The third-order valence-electron chi connectivity index (χ3n) is 11.4. The molecular formula is C48H39N3. The molecule has 0 aromatic heterocycles. The SMILES string of the molecule is CC1(C)c2ccccc2-c2cc(-c3ccc(C4NC(c5ccccc5)NC(c5c6ccccc6cc6ccc7ccccc7c56)N4)cc3)ccc21. The maximum Gasteiger partial charge on any atom is 0.0876 e. The van der Waals surface area contributed by atoms with Gasteiger partial charge in [-0.2, -0.15) is 0 Å². The molecule has 246 valence electrons. The van der Waals surface area contributed by atoms with Crippen molar-refractivity contribution in [3.8, 4) is 22.3 Å². The Kier molecular flexibility index (Phi) is 6.97. The molecule has 3 nitrogen and oxygen atoms in total. The predicted octanol–water partition coefficient (Wildman–Crippen LogP) is 11.3. The summed E-state index contributed by atoms with van der Waals surface area (Å²) in [5, 5.41) is 19.5. The normalized spacial score (nSPS) is 19.3. The van der Waals surface area contributed by atoms with Crippen LogP contribution in [-0.4, -0.2) is 0 Å². The standard InChI is InChI=1S/C48H39N3/c1-48(2)41-19-11-10-18-39(41)40-29-34(26-27-42(40)48)30-20-23-33(24-21-30)46-49-45(32-13-4-3-5-14-32)50-47(51-46)44-38-17-9-7-15-35(38)28-36-25-22-31-12-6-8-16-37(31)43(36)44/h3-29,45-47,49-51H,1-2H3. The Morgan fingerprint density at radius 3 is 1.80 bits per heavy atom. The zero-order chi connectivity index (χ0) is 34.1. The van der Waals surface area contributed by atoms with Crippen LogP contribution in [0.4, 0.5) is 0 Å². The minimum Gasteiger partial charge on any atom is -0.279 e. The first-order valence-corrected chi connectivity index (χ1v) is 18.0. The van der Waals surface area contributed by atoms with Gasteiger partial charge in [0.05, 0.1) is 18.5 Å². The highest BCUT2D eigenvalue weighted by molar-refractivity contribution is 6.15. The molecule has 1 saturated heterocycles. The molecule has 3 heteroatoms. The molecule has 10 rings (SSSR count). The van der Waals surface area contributed by atoms with Crippen LogP contribution in [0.2, 0.25) is 0 Å². The van der Waals surface area contributed by atoms with Crippen molar-refractivity contribution in [3.63, 3.8) is 0 Å². The number of benzene rings is 8. The summed E-state index contributed by atoms with van der Waals surface area (Å²) in [6, 6.07) is 60.2. The highest BCUT2D eigenvalue weighted by Gasteiger charge is 2.35. The van der Waals surface area contributed by atoms with Crippen molar-refractivity contribution in [1.29, 1.82) is 0 Å². The Hall–Kier alpha value is -5.58. The lowest BCUT2D eigenvalue weighted by Gasteiger charge is -2.40. The first-order valence-electron chi connectivity index (χ1n) is 18.0. The topological polar surface area (TPSA) is 36.1 Å². The first-order chi connectivity index (χ1) is 25.0. The summed E-state index contributed by atoms with van der Waals surface area (Å²) in [6.45, 7) is 4.68. The average molecular weight is 658 g/mol. The lowest BCUT2D eigenvalue weighted by molar-refractivity contribution is 0.205. The third-order valence-corrected chi connectivity index (χ3v) is 11.4. The van der Waals surface area contributed by atoms with Crippen LogP contribution in [-0.2, 0) is 5.41 Å². The molecule has 1 aliphatic heterocycles. The minimum atomic E-state index is -0.124. The van der Waals surface area contributed by atoms with E-state index in [9.17, 15) is 0 Å². The molecule has 0 saturated carbocycles. The van der Waals surface area contributed by atoms with Crippen LogP contribution >= 0.6 is 0 Å². The Morgan fingerprint density at radius 1 is 0.412 bits per heavy atom. The summed E-state index contributed by atoms with van der Waals surface area (Å²) in [4.78, 5) is 0. The molecule has 0 radical (unpaired) electrons. The van der Waals surface area contributed by atoms with Crippen LogP contribution in [0, 0.1) is 0 Å². The molecule has 1 heterocycles. The smallest absolute Gasteiger partial charge is 0.0876 e. The number of nitrogens with one attached hydrogen (secondary N) is 3. The highest BCUT2D eigenvalue weighted by atomic mass is 15.4. The number of fused-ring (bicyclic) bond motifs is 7. The van der Waals surface area contributed by atoms with Gasteiger partial charge in [0, 0.05) is 5.41 Å². The van der Waals surface area contributed by atoms with Gasteiger partial charge in [0.25, 0.3) is 0 Å². The van der Waals surface area contributed by atoms with Crippen LogP contribution < -0.4 is 16.0 Å². The average Bonchev–Trinajstić information content (AvgIpc) is 3.42. The van der Waals surface area contributed by atoms with Gasteiger partial charge in [-0.25, -0.2) is 0 Å². The van der Waals surface area contributed by atoms with Gasteiger partial charge in [-0.3, -0.25) is 16.0 Å². The molecule has 3 atom stereocenters. The zero-order valence-corrected chi connectivity index (χ0v) is 28.8. The molecule has 3 unspecified atom stereocenters. The Morgan fingerprint density at radius 2 is 1.00 bits per heavy atom. The van der Waals surface area contributed by atoms with E-state index in [1.54, 1.807) is 0 Å². The van der Waals surface area contributed by atoms with Crippen molar-refractivity contribution in [2.45, 2.75) is 37.8 Å². The molecule has 1 aliphatic carbocycles. The summed E-state index contributed by atoms with van der Waals surface area (Å²) < 4.78 is 0. The molecule has 8 aromatic rings. The zero-order valence-electron chi connectivity index (χ0n) is 28.8. The second-order valence-electron chi connectivity index (χ2n) is 14.7. The molecule has 2 aliphatic rings. The molecule has 51 heavy (non-hydrogen) atoms. The van der Waals surface area contributed by atoms with Crippen molar-refractivity contribution >= 4 is 32.3 Å². The fourth-order valence-electron chi connectivity index (χ4n) is 8.79. The summed E-state index contributed by atoms with van der Waals surface area (Å²) in [5.74, 6) is 0. The van der Waals surface area contributed by atoms with Crippen LogP contribution in [0.3, 0.4) is 0 Å². The lowest BCUT2D eigenvalue weighted by Crippen LogP contribution is -2.54. The van der Waals surface area contributed by atoms with Crippen molar-refractivity contribution in [1.82, 2.24) is 16.0 Å². The Bertz CT molecular complexity index is 2600. The molecule has 1 fully saturated rings. The van der Waals surface area contributed by atoms with Crippen molar-refractivity contribution in [2.75, 3.05) is 0 Å². The summed E-state index contributed by atoms with van der Waals surface area (Å²) in [7, 11) is 0. The van der Waals surface area contributed by atoms with Gasteiger partial charge in [-0.1, -0.05) is 166 Å². The number of hydrogen-bond acceptors (Lipinski definition) is 3. The summed E-state index contributed by atoms with van der Waals surface area (Å²) in [6.07, 6.45) is -0.279. The highest BCUT2D eigenvalue weighted by Crippen LogP contribution is 2.49. The van der Waals surface area contributed by atoms with E-state index in [0.29, 0.717) is 0 Å². The quantitative estimate of drug-likeness (QED) is 0.130. The lowest BCUT2D eigenvalue weighted by atomic mass is 9.82. The monoisotopic (exact) mass is 657 g/mol. The second kappa shape index (κ2) is 11.8. The van der Waals surface area contributed by atoms with Gasteiger partial charge in [-0.15, -0.1) is 0 Å². The molecular weight excluding hydrogens is 619 g/mol. The minimum absolute atomic E-state index is 0.00813. The maximum absolute atomic E-state index is 4.03. The molecule has 0 amide bonds. The van der Waals surface area contributed by atoms with Gasteiger partial charge in [-0.05, 0) is 94.5 Å². The van der Waals surface area contributed by atoms with Crippen LogP contribution in [0.1, 0.15) is 60.2 Å². The van der Waals surface area contributed by atoms with E-state index in [2.05, 4.69) is 194 Å². The summed E-state index contributed by atoms with van der Waals surface area (Å²) in [5.41, 5.74) is 11.7. The number of rotatable bonds is 4. The second-order valence-corrected chi connectivity index (χ2v) is 14.7. The van der Waals surface area contributed by atoms with Crippen LogP contribution in [0.15, 0.2) is 164 Å². The van der Waals surface area contributed by atoms with E-state index in [4.69, 9.17) is 0 Å². The number of hydrogen-bond donors (Lipinski definition) is 3. The van der Waals surface area contributed by atoms with E-state index in [-0.39, 0.29) is 23.9 Å². The third kappa shape index (κ3) is 4.92. The van der Waals surface area contributed by atoms with Gasteiger partial charge < -0.3 is 0 Å².